The molecule has 0 saturated heterocycles. The van der Waals surface area contributed by atoms with E-state index in [2.05, 4.69) is 60.2 Å². The van der Waals surface area contributed by atoms with Gasteiger partial charge in [-0.3, -0.25) is 0 Å². The fourth-order valence-corrected chi connectivity index (χ4v) is 3.30. The maximum absolute atomic E-state index is 3.67. The Morgan fingerprint density at radius 3 is 2.72 bits per heavy atom. The van der Waals surface area contributed by atoms with Gasteiger partial charge in [-0.05, 0) is 42.3 Å². The third kappa shape index (κ3) is 6.26. The molecule has 1 aromatic rings. The summed E-state index contributed by atoms with van der Waals surface area (Å²) in [5.74, 6) is 1.92. The molecule has 18 heavy (non-hydrogen) atoms. The average Bonchev–Trinajstić information content (AvgIpc) is 2.32. The second-order valence-electron chi connectivity index (χ2n) is 4.98. The van der Waals surface area contributed by atoms with Crippen LogP contribution in [0.15, 0.2) is 27.6 Å². The first-order valence-corrected chi connectivity index (χ1v) is 8.53. The molecule has 0 aliphatic rings. The van der Waals surface area contributed by atoms with Crippen LogP contribution in [-0.4, -0.2) is 12.3 Å². The highest BCUT2D eigenvalue weighted by Crippen LogP contribution is 2.26. The summed E-state index contributed by atoms with van der Waals surface area (Å²) in [6.07, 6.45) is 2.56. The van der Waals surface area contributed by atoms with Gasteiger partial charge >= 0.3 is 0 Å². The van der Waals surface area contributed by atoms with Crippen molar-refractivity contribution in [2.24, 2.45) is 5.92 Å². The topological polar surface area (TPSA) is 12.0 Å². The molecule has 0 aromatic heterocycles. The number of unbranched alkanes of at least 4 members (excludes halogenated alkanes) is 1. The van der Waals surface area contributed by atoms with Gasteiger partial charge in [0.05, 0.1) is 0 Å². The van der Waals surface area contributed by atoms with Crippen LogP contribution < -0.4 is 5.32 Å². The minimum Gasteiger partial charge on any atom is -0.312 e. The van der Waals surface area contributed by atoms with Crippen LogP contribution in [0.3, 0.4) is 0 Å². The number of halogens is 1. The van der Waals surface area contributed by atoms with Gasteiger partial charge in [0.1, 0.15) is 0 Å². The molecule has 3 heteroatoms. The molecular formula is C15H24BrNS. The summed E-state index contributed by atoms with van der Waals surface area (Å²) in [6.45, 7) is 8.71. The van der Waals surface area contributed by atoms with Gasteiger partial charge in [0, 0.05) is 15.9 Å². The van der Waals surface area contributed by atoms with Crippen LogP contribution in [0.1, 0.15) is 39.2 Å². The van der Waals surface area contributed by atoms with Crippen LogP contribution >= 0.6 is 27.7 Å². The monoisotopic (exact) mass is 329 g/mol. The zero-order valence-corrected chi connectivity index (χ0v) is 14.0. The highest BCUT2D eigenvalue weighted by atomic mass is 79.9. The molecule has 0 atom stereocenters. The Balaban J connectivity index is 2.46. The third-order valence-electron chi connectivity index (χ3n) is 2.66. The van der Waals surface area contributed by atoms with Crippen LogP contribution in [0.5, 0.6) is 0 Å². The Morgan fingerprint density at radius 2 is 2.11 bits per heavy atom. The Kier molecular flexibility index (Phi) is 8.03. The summed E-state index contributed by atoms with van der Waals surface area (Å²) < 4.78 is 1.22. The van der Waals surface area contributed by atoms with E-state index >= 15 is 0 Å². The van der Waals surface area contributed by atoms with Gasteiger partial charge in [-0.2, -0.15) is 0 Å². The molecule has 1 N–H and O–H groups in total. The summed E-state index contributed by atoms with van der Waals surface area (Å²) >= 11 is 5.62. The lowest BCUT2D eigenvalue weighted by molar-refractivity contribution is 0.551. The van der Waals surface area contributed by atoms with Crippen molar-refractivity contribution >= 4 is 27.7 Å². The normalized spacial score (nSPS) is 11.2. The molecule has 0 heterocycles. The van der Waals surface area contributed by atoms with Gasteiger partial charge in [-0.15, -0.1) is 11.8 Å². The largest absolute Gasteiger partial charge is 0.312 e. The highest BCUT2D eigenvalue weighted by Gasteiger charge is 2.02. The molecule has 0 fully saturated rings. The van der Waals surface area contributed by atoms with Crippen LogP contribution in [-0.2, 0) is 6.54 Å². The summed E-state index contributed by atoms with van der Waals surface area (Å²) in [7, 11) is 0. The third-order valence-corrected chi connectivity index (χ3v) is 4.48. The molecule has 0 bridgehead atoms. The first kappa shape index (κ1) is 16.1. The molecule has 102 valence electrons. The van der Waals surface area contributed by atoms with Crippen molar-refractivity contribution in [2.45, 2.75) is 45.1 Å². The second kappa shape index (κ2) is 9.00. The Bertz CT molecular complexity index is 352. The number of hydrogen-bond acceptors (Lipinski definition) is 2. The Hall–Kier alpha value is 0.01000. The average molecular weight is 330 g/mol. The van der Waals surface area contributed by atoms with Gasteiger partial charge in [0.25, 0.3) is 0 Å². The smallest absolute Gasteiger partial charge is 0.0231 e. The highest BCUT2D eigenvalue weighted by molar-refractivity contribution is 9.10. The quantitative estimate of drug-likeness (QED) is 0.526. The Labute approximate surface area is 124 Å². The van der Waals surface area contributed by atoms with Gasteiger partial charge in [-0.25, -0.2) is 0 Å². The molecule has 0 spiro atoms. The predicted molar refractivity (Wildman–Crippen MR) is 86.3 cm³/mol. The SMILES string of the molecule is CCCCSc1ccc(CNCC(C)C)c(Br)c1. The Morgan fingerprint density at radius 1 is 1.33 bits per heavy atom. The molecule has 0 unspecified atom stereocenters. The van der Waals surface area contributed by atoms with E-state index in [1.807, 2.05) is 11.8 Å². The molecule has 1 rings (SSSR count). The lowest BCUT2D eigenvalue weighted by Gasteiger charge is -2.10. The molecule has 1 aromatic carbocycles. The molecule has 0 saturated carbocycles. The molecule has 1 nitrogen and oxygen atoms in total. The maximum Gasteiger partial charge on any atom is 0.0231 e. The molecule has 0 radical (unpaired) electrons. The van der Waals surface area contributed by atoms with Crippen molar-refractivity contribution in [3.63, 3.8) is 0 Å². The van der Waals surface area contributed by atoms with Gasteiger partial charge in [-0.1, -0.05) is 49.2 Å². The number of nitrogens with one attached hydrogen (secondary N) is 1. The molecule has 0 aliphatic carbocycles. The van der Waals surface area contributed by atoms with Crippen LogP contribution in [0, 0.1) is 5.92 Å². The van der Waals surface area contributed by atoms with Crippen molar-refractivity contribution in [3.8, 4) is 0 Å². The number of thioether (sulfide) groups is 1. The van der Waals surface area contributed by atoms with E-state index in [1.165, 1.54) is 33.5 Å². The van der Waals surface area contributed by atoms with Crippen molar-refractivity contribution < 1.29 is 0 Å². The predicted octanol–water partition coefficient (Wildman–Crippen LogP) is 5.09. The van der Waals surface area contributed by atoms with Crippen molar-refractivity contribution in [1.82, 2.24) is 5.32 Å². The second-order valence-corrected chi connectivity index (χ2v) is 7.00. The summed E-state index contributed by atoms with van der Waals surface area (Å²) in [5.41, 5.74) is 1.34. The van der Waals surface area contributed by atoms with Crippen LogP contribution in [0.4, 0.5) is 0 Å². The first-order chi connectivity index (χ1) is 8.63. The number of benzene rings is 1. The molecule has 0 amide bonds. The van der Waals surface area contributed by atoms with E-state index in [4.69, 9.17) is 0 Å². The van der Waals surface area contributed by atoms with Crippen molar-refractivity contribution in [2.75, 3.05) is 12.3 Å². The first-order valence-electron chi connectivity index (χ1n) is 6.75. The fraction of sp³-hybridized carbons (Fsp3) is 0.600. The van der Waals surface area contributed by atoms with E-state index in [0.717, 1.165) is 13.1 Å². The molecule has 0 aliphatic heterocycles. The van der Waals surface area contributed by atoms with Gasteiger partial charge in [0.15, 0.2) is 0 Å². The number of rotatable bonds is 8. The molecular weight excluding hydrogens is 306 g/mol. The van der Waals surface area contributed by atoms with Crippen LogP contribution in [0.2, 0.25) is 0 Å². The van der Waals surface area contributed by atoms with Crippen molar-refractivity contribution in [1.29, 1.82) is 0 Å². The van der Waals surface area contributed by atoms with Gasteiger partial charge in [0.2, 0.25) is 0 Å². The minimum absolute atomic E-state index is 0.702. The van der Waals surface area contributed by atoms with E-state index in [-0.39, 0.29) is 0 Å². The standard InChI is InChI=1S/C15H24BrNS/c1-4-5-8-18-14-7-6-13(15(16)9-14)11-17-10-12(2)3/h6-7,9,12,17H,4-5,8,10-11H2,1-3H3. The zero-order valence-electron chi connectivity index (χ0n) is 11.6. The number of hydrogen-bond donors (Lipinski definition) is 1. The lowest BCUT2D eigenvalue weighted by Crippen LogP contribution is -2.19. The summed E-state index contributed by atoms with van der Waals surface area (Å²) in [5, 5.41) is 3.48. The minimum atomic E-state index is 0.702. The van der Waals surface area contributed by atoms with E-state index < -0.39 is 0 Å². The van der Waals surface area contributed by atoms with E-state index in [9.17, 15) is 0 Å². The fourth-order valence-electron chi connectivity index (χ4n) is 1.59. The lowest BCUT2D eigenvalue weighted by atomic mass is 10.2. The van der Waals surface area contributed by atoms with Gasteiger partial charge < -0.3 is 5.32 Å². The summed E-state index contributed by atoms with van der Waals surface area (Å²) in [6, 6.07) is 6.70. The van der Waals surface area contributed by atoms with Crippen LogP contribution in [0.25, 0.3) is 0 Å². The van der Waals surface area contributed by atoms with E-state index in [1.54, 1.807) is 0 Å². The zero-order chi connectivity index (χ0) is 13.4. The van der Waals surface area contributed by atoms with Crippen molar-refractivity contribution in [3.05, 3.63) is 28.2 Å². The maximum atomic E-state index is 3.67. The summed E-state index contributed by atoms with van der Waals surface area (Å²) in [4.78, 5) is 1.36. The van der Waals surface area contributed by atoms with E-state index in [0.29, 0.717) is 5.92 Å².